The largest absolute Gasteiger partial charge is 0.486 e. The van der Waals surface area contributed by atoms with Gasteiger partial charge in [-0.3, -0.25) is 9.52 Å². The highest BCUT2D eigenvalue weighted by Crippen LogP contribution is 2.30. The van der Waals surface area contributed by atoms with Gasteiger partial charge in [0.2, 0.25) is 0 Å². The van der Waals surface area contributed by atoms with Crippen molar-refractivity contribution in [2.45, 2.75) is 11.0 Å². The molecule has 31 heavy (non-hydrogen) atoms. The van der Waals surface area contributed by atoms with Crippen LogP contribution >= 0.6 is 11.6 Å². The summed E-state index contributed by atoms with van der Waals surface area (Å²) in [5.41, 5.74) is 0.727. The first kappa shape index (κ1) is 21.0. The quantitative estimate of drug-likeness (QED) is 0.587. The maximum Gasteiger partial charge on any atom is 0.261 e. The number of rotatable bonds is 6. The minimum Gasteiger partial charge on any atom is -0.486 e. The number of hydrogen-bond acceptors (Lipinski definition) is 5. The number of halogens is 1. The van der Waals surface area contributed by atoms with Gasteiger partial charge in [-0.1, -0.05) is 23.7 Å². The third-order valence-electron chi connectivity index (χ3n) is 4.58. The Morgan fingerprint density at radius 2 is 1.65 bits per heavy atom. The second-order valence-electron chi connectivity index (χ2n) is 6.84. The van der Waals surface area contributed by atoms with Crippen LogP contribution in [0.4, 0.5) is 5.69 Å². The lowest BCUT2D eigenvalue weighted by Crippen LogP contribution is -2.40. The van der Waals surface area contributed by atoms with Crippen LogP contribution in [0.2, 0.25) is 5.02 Å². The number of benzene rings is 3. The Kier molecular flexibility index (Phi) is 6.01. The van der Waals surface area contributed by atoms with Crippen molar-refractivity contribution in [1.29, 1.82) is 0 Å². The summed E-state index contributed by atoms with van der Waals surface area (Å²) in [4.78, 5) is 12.5. The number of fused-ring (bicyclic) bond motifs is 1. The van der Waals surface area contributed by atoms with E-state index in [4.69, 9.17) is 21.1 Å². The number of ether oxygens (including phenoxy) is 2. The first-order chi connectivity index (χ1) is 14.9. The fraction of sp³-hybridized carbons (Fsp3) is 0.136. The molecule has 1 aliphatic heterocycles. The lowest BCUT2D eigenvalue weighted by molar-refractivity contribution is 0.0789. The molecular formula is C22H19ClN2O5S. The summed E-state index contributed by atoms with van der Waals surface area (Å²) in [7, 11) is -3.79. The molecule has 4 rings (SSSR count). The van der Waals surface area contributed by atoms with Gasteiger partial charge in [-0.2, -0.15) is 0 Å². The number of carbonyl (C=O) groups excluding carboxylic acids is 1. The van der Waals surface area contributed by atoms with E-state index < -0.39 is 10.0 Å². The molecule has 0 aliphatic carbocycles. The molecule has 1 heterocycles. The third-order valence-corrected chi connectivity index (χ3v) is 6.23. The Morgan fingerprint density at radius 1 is 0.968 bits per heavy atom. The summed E-state index contributed by atoms with van der Waals surface area (Å²) < 4.78 is 39.0. The molecule has 1 amide bonds. The predicted molar refractivity (Wildman–Crippen MR) is 117 cm³/mol. The Labute approximate surface area is 185 Å². The van der Waals surface area contributed by atoms with Crippen LogP contribution in [-0.2, 0) is 10.0 Å². The highest BCUT2D eigenvalue weighted by atomic mass is 35.5. The number of sulfonamides is 1. The van der Waals surface area contributed by atoms with Crippen molar-refractivity contribution in [2.24, 2.45) is 0 Å². The van der Waals surface area contributed by atoms with Crippen LogP contribution in [0.3, 0.4) is 0 Å². The van der Waals surface area contributed by atoms with Crippen molar-refractivity contribution < 1.29 is 22.7 Å². The van der Waals surface area contributed by atoms with Crippen molar-refractivity contribution in [3.8, 4) is 11.5 Å². The van der Waals surface area contributed by atoms with E-state index in [1.54, 1.807) is 30.3 Å². The highest BCUT2D eigenvalue weighted by molar-refractivity contribution is 7.92. The van der Waals surface area contributed by atoms with Crippen LogP contribution < -0.4 is 19.5 Å². The summed E-state index contributed by atoms with van der Waals surface area (Å²) in [6, 6.07) is 19.3. The Morgan fingerprint density at radius 3 is 2.35 bits per heavy atom. The highest BCUT2D eigenvalue weighted by Gasteiger charge is 2.21. The van der Waals surface area contributed by atoms with Gasteiger partial charge >= 0.3 is 0 Å². The number of anilines is 1. The lowest BCUT2D eigenvalue weighted by atomic mass is 10.2. The SMILES string of the molecule is O=C(NCC1COc2ccccc2O1)c1ccc(S(=O)(=O)Nc2ccc(Cl)cc2)cc1. The first-order valence-electron chi connectivity index (χ1n) is 9.46. The minimum atomic E-state index is -3.79. The summed E-state index contributed by atoms with van der Waals surface area (Å²) in [6.45, 7) is 0.580. The van der Waals surface area contributed by atoms with Crippen molar-refractivity contribution in [2.75, 3.05) is 17.9 Å². The smallest absolute Gasteiger partial charge is 0.261 e. The van der Waals surface area contributed by atoms with E-state index >= 15 is 0 Å². The summed E-state index contributed by atoms with van der Waals surface area (Å²) in [5.74, 6) is 0.974. The second-order valence-corrected chi connectivity index (χ2v) is 8.96. The molecule has 9 heteroatoms. The van der Waals surface area contributed by atoms with Crippen molar-refractivity contribution >= 4 is 33.2 Å². The van der Waals surface area contributed by atoms with E-state index in [-0.39, 0.29) is 23.5 Å². The molecule has 0 bridgehead atoms. The number of amides is 1. The molecule has 1 unspecified atom stereocenters. The van der Waals surface area contributed by atoms with E-state index in [0.717, 1.165) is 0 Å². The minimum absolute atomic E-state index is 0.0413. The van der Waals surface area contributed by atoms with Crippen molar-refractivity contribution in [3.05, 3.63) is 83.4 Å². The van der Waals surface area contributed by atoms with Gasteiger partial charge in [0.25, 0.3) is 15.9 Å². The van der Waals surface area contributed by atoms with Gasteiger partial charge in [0.05, 0.1) is 11.4 Å². The molecule has 0 saturated carbocycles. The van der Waals surface area contributed by atoms with Crippen molar-refractivity contribution in [3.63, 3.8) is 0 Å². The molecule has 0 radical (unpaired) electrons. The monoisotopic (exact) mass is 458 g/mol. The van der Waals surface area contributed by atoms with E-state index in [0.29, 0.717) is 34.4 Å². The molecule has 1 atom stereocenters. The van der Waals surface area contributed by atoms with Gasteiger partial charge in [0, 0.05) is 16.3 Å². The molecule has 7 nitrogen and oxygen atoms in total. The van der Waals surface area contributed by atoms with Crippen LogP contribution in [0.25, 0.3) is 0 Å². The van der Waals surface area contributed by atoms with Gasteiger partial charge in [-0.15, -0.1) is 0 Å². The molecule has 0 aromatic heterocycles. The fourth-order valence-electron chi connectivity index (χ4n) is 2.99. The molecule has 0 saturated heterocycles. The number of carbonyl (C=O) groups is 1. The standard InChI is InChI=1S/C22H19ClN2O5S/c23-16-7-9-17(10-8-16)25-31(27,28)19-11-5-15(6-12-19)22(26)24-13-18-14-29-20-3-1-2-4-21(20)30-18/h1-12,18,25H,13-14H2,(H,24,26). The number of para-hydroxylation sites is 2. The first-order valence-corrected chi connectivity index (χ1v) is 11.3. The van der Waals surface area contributed by atoms with E-state index in [2.05, 4.69) is 10.0 Å². The molecular weight excluding hydrogens is 440 g/mol. The molecule has 2 N–H and O–H groups in total. The molecule has 3 aromatic rings. The topological polar surface area (TPSA) is 93.7 Å². The van der Waals surface area contributed by atoms with Gasteiger partial charge < -0.3 is 14.8 Å². The van der Waals surface area contributed by atoms with Crippen LogP contribution in [0, 0.1) is 0 Å². The van der Waals surface area contributed by atoms with Crippen LogP contribution in [0.5, 0.6) is 11.5 Å². The molecule has 1 aliphatic rings. The maximum atomic E-state index is 12.5. The predicted octanol–water partition coefficient (Wildman–Crippen LogP) is 3.71. The average Bonchev–Trinajstić information content (AvgIpc) is 2.79. The summed E-state index contributed by atoms with van der Waals surface area (Å²) in [5, 5.41) is 3.29. The lowest BCUT2D eigenvalue weighted by Gasteiger charge is -2.26. The van der Waals surface area contributed by atoms with Gasteiger partial charge in [0.15, 0.2) is 11.5 Å². The third kappa shape index (κ3) is 5.10. The number of hydrogen-bond donors (Lipinski definition) is 2. The zero-order chi connectivity index (χ0) is 21.8. The normalized spacial score (nSPS) is 15.2. The zero-order valence-corrected chi connectivity index (χ0v) is 17.8. The number of nitrogens with one attached hydrogen (secondary N) is 2. The average molecular weight is 459 g/mol. The zero-order valence-electron chi connectivity index (χ0n) is 16.2. The summed E-state index contributed by atoms with van der Waals surface area (Å²) >= 11 is 5.81. The molecule has 0 fully saturated rings. The molecule has 0 spiro atoms. The Balaban J connectivity index is 1.35. The maximum absolute atomic E-state index is 12.5. The molecule has 3 aromatic carbocycles. The fourth-order valence-corrected chi connectivity index (χ4v) is 4.17. The van der Waals surface area contributed by atoms with E-state index in [1.807, 2.05) is 18.2 Å². The van der Waals surface area contributed by atoms with Gasteiger partial charge in [0.1, 0.15) is 12.7 Å². The summed E-state index contributed by atoms with van der Waals surface area (Å²) in [6.07, 6.45) is -0.318. The van der Waals surface area contributed by atoms with E-state index in [1.165, 1.54) is 24.3 Å². The van der Waals surface area contributed by atoms with Crippen molar-refractivity contribution in [1.82, 2.24) is 5.32 Å². The van der Waals surface area contributed by atoms with Gasteiger partial charge in [-0.05, 0) is 60.7 Å². The van der Waals surface area contributed by atoms with Gasteiger partial charge in [-0.25, -0.2) is 8.42 Å². The Bertz CT molecular complexity index is 1180. The van der Waals surface area contributed by atoms with E-state index in [9.17, 15) is 13.2 Å². The van der Waals surface area contributed by atoms with Crippen LogP contribution in [-0.4, -0.2) is 33.6 Å². The van der Waals surface area contributed by atoms with Crippen LogP contribution in [0.15, 0.2) is 77.7 Å². The Hall–Kier alpha value is -3.23. The second kappa shape index (κ2) is 8.87. The van der Waals surface area contributed by atoms with Crippen LogP contribution in [0.1, 0.15) is 10.4 Å². The molecule has 160 valence electrons.